The number of aromatic nitrogens is 3. The summed E-state index contributed by atoms with van der Waals surface area (Å²) in [5.41, 5.74) is 2.12. The number of hydrogen-bond acceptors (Lipinski definition) is 4. The van der Waals surface area contributed by atoms with E-state index in [1.165, 1.54) is 0 Å². The maximum absolute atomic E-state index is 4.38. The van der Waals surface area contributed by atoms with Crippen molar-refractivity contribution in [2.75, 3.05) is 11.9 Å². The van der Waals surface area contributed by atoms with Crippen LogP contribution >= 0.6 is 0 Å². The normalized spacial score (nSPS) is 10.7. The van der Waals surface area contributed by atoms with Gasteiger partial charge in [-0.2, -0.15) is 5.10 Å². The third kappa shape index (κ3) is 2.45. The molecule has 0 unspecified atom stereocenters. The summed E-state index contributed by atoms with van der Waals surface area (Å²) in [6, 6.07) is 12.2. The highest BCUT2D eigenvalue weighted by Crippen LogP contribution is 2.24. The molecule has 0 bridgehead atoms. The van der Waals surface area contributed by atoms with E-state index in [1.807, 2.05) is 24.4 Å². The minimum atomic E-state index is 0.744. The van der Waals surface area contributed by atoms with E-state index in [4.69, 9.17) is 0 Å². The van der Waals surface area contributed by atoms with Gasteiger partial charge in [-0.25, -0.2) is 0 Å². The molecule has 0 atom stereocenters. The monoisotopic (exact) mass is 264 g/mol. The SMILES string of the molecule is CCNc1nnc(Cc2cccnc2)c2ccccc12. The zero-order chi connectivity index (χ0) is 13.8. The van der Waals surface area contributed by atoms with E-state index >= 15 is 0 Å². The van der Waals surface area contributed by atoms with Gasteiger partial charge in [0, 0.05) is 36.1 Å². The van der Waals surface area contributed by atoms with Crippen LogP contribution in [0.5, 0.6) is 0 Å². The summed E-state index contributed by atoms with van der Waals surface area (Å²) in [5, 5.41) is 14.2. The van der Waals surface area contributed by atoms with Crippen molar-refractivity contribution in [1.82, 2.24) is 15.2 Å². The number of rotatable bonds is 4. The van der Waals surface area contributed by atoms with Gasteiger partial charge >= 0.3 is 0 Å². The van der Waals surface area contributed by atoms with Crippen molar-refractivity contribution in [3.63, 3.8) is 0 Å². The summed E-state index contributed by atoms with van der Waals surface area (Å²) in [7, 11) is 0. The standard InChI is InChI=1S/C16H16N4/c1-2-18-16-14-8-4-3-7-13(14)15(19-20-16)10-12-6-5-9-17-11-12/h3-9,11H,2,10H2,1H3,(H,18,20). The summed E-state index contributed by atoms with van der Waals surface area (Å²) < 4.78 is 0. The Morgan fingerprint density at radius 1 is 1.00 bits per heavy atom. The maximum Gasteiger partial charge on any atom is 0.156 e. The number of nitrogens with zero attached hydrogens (tertiary/aromatic N) is 3. The highest BCUT2D eigenvalue weighted by Gasteiger charge is 2.08. The molecule has 4 heteroatoms. The number of hydrogen-bond donors (Lipinski definition) is 1. The lowest BCUT2D eigenvalue weighted by atomic mass is 10.1. The number of anilines is 1. The molecule has 0 saturated heterocycles. The van der Waals surface area contributed by atoms with Gasteiger partial charge in [-0.1, -0.05) is 30.3 Å². The Labute approximate surface area is 117 Å². The van der Waals surface area contributed by atoms with Crippen molar-refractivity contribution in [3.8, 4) is 0 Å². The van der Waals surface area contributed by atoms with Crippen molar-refractivity contribution in [3.05, 3.63) is 60.0 Å². The summed E-state index contributed by atoms with van der Waals surface area (Å²) >= 11 is 0. The van der Waals surface area contributed by atoms with Gasteiger partial charge in [0.1, 0.15) is 0 Å². The first kappa shape index (κ1) is 12.5. The van der Waals surface area contributed by atoms with Gasteiger partial charge in [-0.3, -0.25) is 4.98 Å². The fraction of sp³-hybridized carbons (Fsp3) is 0.188. The van der Waals surface area contributed by atoms with Gasteiger partial charge in [-0.05, 0) is 18.6 Å². The second kappa shape index (κ2) is 5.65. The Morgan fingerprint density at radius 2 is 1.85 bits per heavy atom. The second-order valence-electron chi connectivity index (χ2n) is 4.61. The lowest BCUT2D eigenvalue weighted by Gasteiger charge is -2.09. The van der Waals surface area contributed by atoms with Crippen LogP contribution in [0.4, 0.5) is 5.82 Å². The van der Waals surface area contributed by atoms with E-state index in [2.05, 4.69) is 45.6 Å². The number of benzene rings is 1. The zero-order valence-electron chi connectivity index (χ0n) is 11.4. The number of nitrogens with one attached hydrogen (secondary N) is 1. The van der Waals surface area contributed by atoms with Crippen molar-refractivity contribution >= 4 is 16.6 Å². The third-order valence-corrected chi connectivity index (χ3v) is 3.20. The minimum Gasteiger partial charge on any atom is -0.368 e. The molecule has 3 rings (SSSR count). The Bertz CT molecular complexity index is 710. The molecule has 3 aromatic rings. The molecule has 0 aliphatic heterocycles. The first-order chi connectivity index (χ1) is 9.88. The molecule has 100 valence electrons. The lowest BCUT2D eigenvalue weighted by molar-refractivity contribution is 0.949. The van der Waals surface area contributed by atoms with Crippen LogP contribution in [0.25, 0.3) is 10.8 Å². The van der Waals surface area contributed by atoms with Crippen molar-refractivity contribution < 1.29 is 0 Å². The van der Waals surface area contributed by atoms with Crippen LogP contribution in [0.3, 0.4) is 0 Å². The summed E-state index contributed by atoms with van der Waals surface area (Å²) in [4.78, 5) is 4.15. The Balaban J connectivity index is 2.06. The molecule has 1 aromatic carbocycles. The van der Waals surface area contributed by atoms with E-state index in [0.29, 0.717) is 0 Å². The third-order valence-electron chi connectivity index (χ3n) is 3.20. The van der Waals surface area contributed by atoms with Crippen molar-refractivity contribution in [2.45, 2.75) is 13.3 Å². The van der Waals surface area contributed by atoms with Crippen LogP contribution in [0.15, 0.2) is 48.8 Å². The molecule has 20 heavy (non-hydrogen) atoms. The molecule has 0 radical (unpaired) electrons. The van der Waals surface area contributed by atoms with Gasteiger partial charge in [0.05, 0.1) is 5.69 Å². The van der Waals surface area contributed by atoms with Crippen LogP contribution in [0.2, 0.25) is 0 Å². The van der Waals surface area contributed by atoms with Gasteiger partial charge < -0.3 is 5.32 Å². The fourth-order valence-electron chi connectivity index (χ4n) is 2.28. The first-order valence-electron chi connectivity index (χ1n) is 6.75. The van der Waals surface area contributed by atoms with Crippen LogP contribution < -0.4 is 5.32 Å². The summed E-state index contributed by atoms with van der Waals surface area (Å²) in [6.45, 7) is 2.89. The van der Waals surface area contributed by atoms with Crippen LogP contribution in [0.1, 0.15) is 18.2 Å². The highest BCUT2D eigenvalue weighted by atomic mass is 15.2. The average Bonchev–Trinajstić information content (AvgIpc) is 2.51. The molecule has 0 saturated carbocycles. The Kier molecular flexibility index (Phi) is 3.54. The predicted molar refractivity (Wildman–Crippen MR) is 80.7 cm³/mol. The van der Waals surface area contributed by atoms with Crippen molar-refractivity contribution in [2.24, 2.45) is 0 Å². The Morgan fingerprint density at radius 3 is 2.60 bits per heavy atom. The van der Waals surface area contributed by atoms with E-state index in [0.717, 1.165) is 40.8 Å². The van der Waals surface area contributed by atoms with Gasteiger partial charge in [-0.15, -0.1) is 5.10 Å². The number of fused-ring (bicyclic) bond motifs is 1. The Hall–Kier alpha value is -2.49. The van der Waals surface area contributed by atoms with Gasteiger partial charge in [0.25, 0.3) is 0 Å². The summed E-state index contributed by atoms with van der Waals surface area (Å²) in [6.07, 6.45) is 4.39. The molecule has 4 nitrogen and oxygen atoms in total. The molecule has 0 aliphatic rings. The maximum atomic E-state index is 4.38. The van der Waals surface area contributed by atoms with Gasteiger partial charge in [0.15, 0.2) is 5.82 Å². The molecule has 2 aromatic heterocycles. The molecule has 0 aliphatic carbocycles. The minimum absolute atomic E-state index is 0.744. The van der Waals surface area contributed by atoms with E-state index in [-0.39, 0.29) is 0 Å². The average molecular weight is 264 g/mol. The zero-order valence-corrected chi connectivity index (χ0v) is 11.4. The first-order valence-corrected chi connectivity index (χ1v) is 6.75. The van der Waals surface area contributed by atoms with E-state index < -0.39 is 0 Å². The lowest BCUT2D eigenvalue weighted by Crippen LogP contribution is -2.04. The second-order valence-corrected chi connectivity index (χ2v) is 4.61. The number of pyridine rings is 1. The fourth-order valence-corrected chi connectivity index (χ4v) is 2.28. The van der Waals surface area contributed by atoms with Crippen LogP contribution in [0, 0.1) is 0 Å². The highest BCUT2D eigenvalue weighted by molar-refractivity contribution is 5.93. The van der Waals surface area contributed by atoms with Crippen LogP contribution in [-0.4, -0.2) is 21.7 Å². The predicted octanol–water partition coefficient (Wildman–Crippen LogP) is 3.05. The molecular formula is C16H16N4. The molecule has 0 fully saturated rings. The summed E-state index contributed by atoms with van der Waals surface area (Å²) in [5.74, 6) is 0.845. The quantitative estimate of drug-likeness (QED) is 0.787. The van der Waals surface area contributed by atoms with Crippen molar-refractivity contribution in [1.29, 1.82) is 0 Å². The molecule has 0 spiro atoms. The molecule has 2 heterocycles. The largest absolute Gasteiger partial charge is 0.368 e. The van der Waals surface area contributed by atoms with Crippen LogP contribution in [-0.2, 0) is 6.42 Å². The van der Waals surface area contributed by atoms with E-state index in [1.54, 1.807) is 6.20 Å². The smallest absolute Gasteiger partial charge is 0.156 e. The van der Waals surface area contributed by atoms with Gasteiger partial charge in [0.2, 0.25) is 0 Å². The topological polar surface area (TPSA) is 50.7 Å². The molecular weight excluding hydrogens is 248 g/mol. The van der Waals surface area contributed by atoms with E-state index in [9.17, 15) is 0 Å². The molecule has 0 amide bonds. The molecule has 1 N–H and O–H groups in total.